The molecule has 2 aromatic carbocycles. The van der Waals surface area contributed by atoms with E-state index in [2.05, 4.69) is 5.43 Å². The number of hydrogen-bond acceptors (Lipinski definition) is 5. The molecule has 0 aromatic heterocycles. The molecule has 150 valence electrons. The van der Waals surface area contributed by atoms with Crippen molar-refractivity contribution in [2.24, 2.45) is 5.92 Å². The van der Waals surface area contributed by atoms with E-state index in [9.17, 15) is 23.6 Å². The van der Waals surface area contributed by atoms with Gasteiger partial charge in [-0.1, -0.05) is 11.6 Å². The monoisotopic (exact) mass is 418 g/mol. The van der Waals surface area contributed by atoms with Gasteiger partial charge in [0.2, 0.25) is 5.91 Å². The molecule has 29 heavy (non-hydrogen) atoms. The smallest absolute Gasteiger partial charge is 0.311 e. The lowest BCUT2D eigenvalue weighted by atomic mass is 10.1. The lowest BCUT2D eigenvalue weighted by Gasteiger charge is -2.17. The Bertz CT molecular complexity index is 946. The maximum absolute atomic E-state index is 12.9. The SMILES string of the molecule is O=C(COC(=O)C1CC(=O)N(NC(=O)c2ccc(Cl)cc2)C1)c1ccc(F)cc1. The lowest BCUT2D eigenvalue weighted by Crippen LogP contribution is -2.43. The van der Waals surface area contributed by atoms with Crippen molar-refractivity contribution in [2.75, 3.05) is 13.2 Å². The molecule has 0 spiro atoms. The second kappa shape index (κ2) is 8.83. The molecule has 1 N–H and O–H groups in total. The molecular weight excluding hydrogens is 403 g/mol. The number of Topliss-reactive ketones (excluding diaryl/α,β-unsaturated/α-hetero) is 1. The number of ether oxygens (including phenoxy) is 1. The fourth-order valence-electron chi connectivity index (χ4n) is 2.74. The number of carbonyl (C=O) groups excluding carboxylic acids is 4. The molecule has 3 rings (SSSR count). The summed E-state index contributed by atoms with van der Waals surface area (Å²) in [7, 11) is 0. The maximum atomic E-state index is 12.9. The Hall–Kier alpha value is -3.26. The lowest BCUT2D eigenvalue weighted by molar-refractivity contribution is -0.147. The average molecular weight is 419 g/mol. The minimum absolute atomic E-state index is 0.0677. The molecule has 1 aliphatic heterocycles. The van der Waals surface area contributed by atoms with Gasteiger partial charge in [-0.15, -0.1) is 0 Å². The molecule has 0 aliphatic carbocycles. The van der Waals surface area contributed by atoms with Crippen LogP contribution in [0.3, 0.4) is 0 Å². The van der Waals surface area contributed by atoms with Crippen molar-refractivity contribution in [2.45, 2.75) is 6.42 Å². The van der Waals surface area contributed by atoms with E-state index in [1.54, 1.807) is 12.1 Å². The molecule has 7 nitrogen and oxygen atoms in total. The zero-order valence-electron chi connectivity index (χ0n) is 15.1. The predicted molar refractivity (Wildman–Crippen MR) is 100 cm³/mol. The first-order chi connectivity index (χ1) is 13.8. The Kier molecular flexibility index (Phi) is 6.23. The first-order valence-electron chi connectivity index (χ1n) is 8.66. The Morgan fingerprint density at radius 2 is 1.69 bits per heavy atom. The normalized spacial score (nSPS) is 15.9. The third kappa shape index (κ3) is 5.17. The molecule has 1 aliphatic rings. The van der Waals surface area contributed by atoms with Crippen LogP contribution in [0.25, 0.3) is 0 Å². The second-order valence-electron chi connectivity index (χ2n) is 6.39. The van der Waals surface area contributed by atoms with E-state index in [4.69, 9.17) is 16.3 Å². The summed E-state index contributed by atoms with van der Waals surface area (Å²) in [5, 5.41) is 1.52. The third-order valence-corrected chi connectivity index (χ3v) is 4.56. The molecule has 9 heteroatoms. The van der Waals surface area contributed by atoms with E-state index in [1.807, 2.05) is 0 Å². The summed E-state index contributed by atoms with van der Waals surface area (Å²) >= 11 is 5.77. The van der Waals surface area contributed by atoms with E-state index < -0.39 is 41.9 Å². The Labute approximate surface area is 170 Å². The van der Waals surface area contributed by atoms with Crippen molar-refractivity contribution < 1.29 is 28.3 Å². The molecule has 1 saturated heterocycles. The van der Waals surface area contributed by atoms with Gasteiger partial charge in [0.1, 0.15) is 5.82 Å². The predicted octanol–water partition coefficient (Wildman–Crippen LogP) is 2.40. The number of halogens is 2. The van der Waals surface area contributed by atoms with Crippen molar-refractivity contribution >= 4 is 35.2 Å². The maximum Gasteiger partial charge on any atom is 0.311 e. The quantitative estimate of drug-likeness (QED) is 0.574. The van der Waals surface area contributed by atoms with Crippen LogP contribution in [0.5, 0.6) is 0 Å². The number of rotatable bonds is 6. The van der Waals surface area contributed by atoms with Crippen LogP contribution in [0.1, 0.15) is 27.1 Å². The fraction of sp³-hybridized carbons (Fsp3) is 0.200. The molecule has 2 amide bonds. The van der Waals surface area contributed by atoms with Gasteiger partial charge >= 0.3 is 5.97 Å². The van der Waals surface area contributed by atoms with Crippen molar-refractivity contribution in [1.29, 1.82) is 0 Å². The fourth-order valence-corrected chi connectivity index (χ4v) is 2.86. The molecule has 1 fully saturated rings. The number of esters is 1. The largest absolute Gasteiger partial charge is 0.457 e. The molecule has 1 heterocycles. The first kappa shape index (κ1) is 20.5. The minimum atomic E-state index is -0.811. The highest BCUT2D eigenvalue weighted by Gasteiger charge is 2.36. The van der Waals surface area contributed by atoms with Crippen molar-refractivity contribution in [3.05, 3.63) is 70.5 Å². The van der Waals surface area contributed by atoms with Gasteiger partial charge in [0.05, 0.1) is 12.5 Å². The van der Waals surface area contributed by atoms with Crippen LogP contribution >= 0.6 is 11.6 Å². The van der Waals surface area contributed by atoms with Crippen LogP contribution in [0.4, 0.5) is 4.39 Å². The summed E-state index contributed by atoms with van der Waals surface area (Å²) in [6.07, 6.45) is -0.148. The number of benzene rings is 2. The highest BCUT2D eigenvalue weighted by molar-refractivity contribution is 6.30. The zero-order chi connectivity index (χ0) is 21.0. The standard InChI is InChI=1S/C20H16ClFN2O5/c21-15-5-1-13(2-6-15)19(27)23-24-10-14(9-18(24)26)20(28)29-11-17(25)12-3-7-16(22)8-4-12/h1-8,14H,9-11H2,(H,23,27). The average Bonchev–Trinajstić information content (AvgIpc) is 3.07. The number of nitrogens with zero attached hydrogens (tertiary/aromatic N) is 1. The van der Waals surface area contributed by atoms with Crippen LogP contribution < -0.4 is 5.43 Å². The van der Waals surface area contributed by atoms with Gasteiger partial charge in [-0.3, -0.25) is 29.6 Å². The van der Waals surface area contributed by atoms with Crippen molar-refractivity contribution in [1.82, 2.24) is 10.4 Å². The number of hydrogen-bond donors (Lipinski definition) is 1. The summed E-state index contributed by atoms with van der Waals surface area (Å²) in [4.78, 5) is 48.4. The summed E-state index contributed by atoms with van der Waals surface area (Å²) in [5.41, 5.74) is 2.95. The zero-order valence-corrected chi connectivity index (χ0v) is 15.8. The van der Waals surface area contributed by atoms with Crippen LogP contribution in [0.15, 0.2) is 48.5 Å². The van der Waals surface area contributed by atoms with Crippen LogP contribution in [-0.4, -0.2) is 41.7 Å². The Morgan fingerprint density at radius 3 is 2.34 bits per heavy atom. The molecule has 1 atom stereocenters. The number of hydrazine groups is 1. The number of nitrogens with one attached hydrogen (secondary N) is 1. The minimum Gasteiger partial charge on any atom is -0.457 e. The number of amides is 2. The van der Waals surface area contributed by atoms with Gasteiger partial charge in [0.15, 0.2) is 12.4 Å². The van der Waals surface area contributed by atoms with Gasteiger partial charge in [0.25, 0.3) is 5.91 Å². The van der Waals surface area contributed by atoms with Crippen molar-refractivity contribution in [3.8, 4) is 0 Å². The molecule has 1 unspecified atom stereocenters. The van der Waals surface area contributed by atoms with E-state index in [1.165, 1.54) is 24.3 Å². The summed E-state index contributed by atoms with van der Waals surface area (Å²) in [6.45, 7) is -0.589. The van der Waals surface area contributed by atoms with E-state index in [0.29, 0.717) is 10.6 Å². The van der Waals surface area contributed by atoms with Gasteiger partial charge in [0, 0.05) is 22.6 Å². The molecule has 0 bridgehead atoms. The van der Waals surface area contributed by atoms with E-state index in [0.717, 1.165) is 17.1 Å². The van der Waals surface area contributed by atoms with E-state index >= 15 is 0 Å². The van der Waals surface area contributed by atoms with Crippen molar-refractivity contribution in [3.63, 3.8) is 0 Å². The van der Waals surface area contributed by atoms with E-state index in [-0.39, 0.29) is 18.5 Å². The summed E-state index contributed by atoms with van der Waals surface area (Å²) < 4.78 is 17.9. The molecular formula is C20H16ClFN2O5. The number of carbonyl (C=O) groups is 4. The van der Waals surface area contributed by atoms with Crippen LogP contribution in [0.2, 0.25) is 5.02 Å². The Morgan fingerprint density at radius 1 is 1.07 bits per heavy atom. The van der Waals surface area contributed by atoms with Gasteiger partial charge < -0.3 is 4.74 Å². The molecule has 0 radical (unpaired) electrons. The van der Waals surface area contributed by atoms with Gasteiger partial charge in [-0.2, -0.15) is 0 Å². The summed E-state index contributed by atoms with van der Waals surface area (Å²) in [6, 6.07) is 10.9. The van der Waals surface area contributed by atoms with Gasteiger partial charge in [-0.25, -0.2) is 4.39 Å². The molecule has 2 aromatic rings. The highest BCUT2D eigenvalue weighted by Crippen LogP contribution is 2.18. The third-order valence-electron chi connectivity index (χ3n) is 4.31. The molecule has 0 saturated carbocycles. The second-order valence-corrected chi connectivity index (χ2v) is 6.83. The van der Waals surface area contributed by atoms with Crippen LogP contribution in [0, 0.1) is 11.7 Å². The topological polar surface area (TPSA) is 92.8 Å². The first-order valence-corrected chi connectivity index (χ1v) is 9.03. The summed E-state index contributed by atoms with van der Waals surface area (Å²) in [5.74, 6) is -3.47. The highest BCUT2D eigenvalue weighted by atomic mass is 35.5. The number of ketones is 1. The Balaban J connectivity index is 1.51. The van der Waals surface area contributed by atoms with Gasteiger partial charge in [-0.05, 0) is 48.5 Å². The van der Waals surface area contributed by atoms with Crippen LogP contribution in [-0.2, 0) is 14.3 Å².